The summed E-state index contributed by atoms with van der Waals surface area (Å²) in [6, 6.07) is 5.49. The molecule has 6 heteroatoms. The molecule has 23 heavy (non-hydrogen) atoms. The molecule has 0 spiro atoms. The van der Waals surface area contributed by atoms with Crippen molar-refractivity contribution in [1.29, 1.82) is 0 Å². The van der Waals surface area contributed by atoms with Gasteiger partial charge in [-0.05, 0) is 45.9 Å². The number of benzene rings is 1. The summed E-state index contributed by atoms with van der Waals surface area (Å²) in [5.74, 6) is -0.656. The van der Waals surface area contributed by atoms with E-state index in [0.717, 1.165) is 0 Å². The molecule has 1 fully saturated rings. The standard InChI is InChI=1S/C17H23FN2O3/c1-12-11-19(16(22)23-17(2,3)4)8-9-20(12)15(21)13-6-5-7-14(18)10-13/h5-7,10,12H,8-9,11H2,1-4H3/t12-/m0/s1. The summed E-state index contributed by atoms with van der Waals surface area (Å²) < 4.78 is 18.6. The quantitative estimate of drug-likeness (QED) is 0.799. The Labute approximate surface area is 136 Å². The molecule has 0 aromatic heterocycles. The number of ether oxygens (including phenoxy) is 1. The molecule has 0 unspecified atom stereocenters. The van der Waals surface area contributed by atoms with Gasteiger partial charge in [-0.25, -0.2) is 9.18 Å². The molecule has 2 amide bonds. The van der Waals surface area contributed by atoms with E-state index in [1.807, 2.05) is 27.7 Å². The van der Waals surface area contributed by atoms with Crippen molar-refractivity contribution in [3.8, 4) is 0 Å². The first kappa shape index (κ1) is 17.2. The molecule has 1 atom stereocenters. The average molecular weight is 322 g/mol. The Hall–Kier alpha value is -2.11. The molecule has 5 nitrogen and oxygen atoms in total. The lowest BCUT2D eigenvalue weighted by molar-refractivity contribution is 0.00617. The molecular weight excluding hydrogens is 299 g/mol. The van der Waals surface area contributed by atoms with Gasteiger partial charge in [0.1, 0.15) is 11.4 Å². The van der Waals surface area contributed by atoms with Crippen molar-refractivity contribution in [2.75, 3.05) is 19.6 Å². The van der Waals surface area contributed by atoms with Crippen LogP contribution in [0.2, 0.25) is 0 Å². The van der Waals surface area contributed by atoms with Crippen LogP contribution in [0.3, 0.4) is 0 Å². The van der Waals surface area contributed by atoms with Crippen LogP contribution in [0, 0.1) is 5.82 Å². The van der Waals surface area contributed by atoms with Crippen molar-refractivity contribution in [3.63, 3.8) is 0 Å². The largest absolute Gasteiger partial charge is 0.444 e. The molecule has 126 valence electrons. The van der Waals surface area contributed by atoms with Crippen LogP contribution >= 0.6 is 0 Å². The number of nitrogens with zero attached hydrogens (tertiary/aromatic N) is 2. The molecule has 0 bridgehead atoms. The first-order chi connectivity index (χ1) is 10.7. The molecule has 1 aliphatic rings. The second-order valence-electron chi connectivity index (χ2n) is 6.78. The van der Waals surface area contributed by atoms with Gasteiger partial charge in [-0.15, -0.1) is 0 Å². The highest BCUT2D eigenvalue weighted by Gasteiger charge is 2.32. The SMILES string of the molecule is C[C@H]1CN(C(=O)OC(C)(C)C)CCN1C(=O)c1cccc(F)c1. The highest BCUT2D eigenvalue weighted by Crippen LogP contribution is 2.17. The third-order valence-corrected chi connectivity index (χ3v) is 3.61. The van der Waals surface area contributed by atoms with Gasteiger partial charge in [0.05, 0.1) is 0 Å². The number of piperazine rings is 1. The van der Waals surface area contributed by atoms with Crippen molar-refractivity contribution in [3.05, 3.63) is 35.6 Å². The lowest BCUT2D eigenvalue weighted by atomic mass is 10.1. The molecule has 2 rings (SSSR count). The molecule has 0 radical (unpaired) electrons. The number of carbonyl (C=O) groups excluding carboxylic acids is 2. The predicted molar refractivity (Wildman–Crippen MR) is 84.7 cm³/mol. The van der Waals surface area contributed by atoms with E-state index >= 15 is 0 Å². The summed E-state index contributed by atoms with van der Waals surface area (Å²) in [6.07, 6.45) is -0.373. The van der Waals surface area contributed by atoms with Gasteiger partial charge in [0, 0.05) is 31.2 Å². The average Bonchev–Trinajstić information content (AvgIpc) is 2.44. The smallest absolute Gasteiger partial charge is 0.410 e. The van der Waals surface area contributed by atoms with E-state index in [4.69, 9.17) is 4.74 Å². The fourth-order valence-corrected chi connectivity index (χ4v) is 2.54. The van der Waals surface area contributed by atoms with Gasteiger partial charge in [0.25, 0.3) is 5.91 Å². The van der Waals surface area contributed by atoms with Gasteiger partial charge in [-0.2, -0.15) is 0 Å². The Kier molecular flexibility index (Phi) is 4.92. The summed E-state index contributed by atoms with van der Waals surface area (Å²) in [4.78, 5) is 27.9. The van der Waals surface area contributed by atoms with E-state index in [2.05, 4.69) is 0 Å². The topological polar surface area (TPSA) is 49.9 Å². The number of hydrogen-bond acceptors (Lipinski definition) is 3. The zero-order valence-corrected chi connectivity index (χ0v) is 14.0. The van der Waals surface area contributed by atoms with Crippen molar-refractivity contribution in [2.45, 2.75) is 39.3 Å². The number of rotatable bonds is 1. The van der Waals surface area contributed by atoms with Gasteiger partial charge in [0.2, 0.25) is 0 Å². The minimum atomic E-state index is -0.547. The molecular formula is C17H23FN2O3. The monoisotopic (exact) mass is 322 g/mol. The normalized spacial score (nSPS) is 18.7. The van der Waals surface area contributed by atoms with E-state index in [-0.39, 0.29) is 18.0 Å². The van der Waals surface area contributed by atoms with Crippen LogP contribution in [0.4, 0.5) is 9.18 Å². The lowest BCUT2D eigenvalue weighted by Gasteiger charge is -2.40. The first-order valence-electron chi connectivity index (χ1n) is 7.72. The molecule has 1 saturated heterocycles. The summed E-state index contributed by atoms with van der Waals surface area (Å²) in [5.41, 5.74) is -0.225. The van der Waals surface area contributed by atoms with Crippen LogP contribution < -0.4 is 0 Å². The van der Waals surface area contributed by atoms with Crippen molar-refractivity contribution >= 4 is 12.0 Å². The lowest BCUT2D eigenvalue weighted by Crippen LogP contribution is -2.56. The third kappa shape index (κ3) is 4.43. The Morgan fingerprint density at radius 2 is 1.96 bits per heavy atom. The molecule has 1 aromatic rings. The second-order valence-corrected chi connectivity index (χ2v) is 6.78. The van der Waals surface area contributed by atoms with E-state index in [1.165, 1.54) is 18.2 Å². The van der Waals surface area contributed by atoms with Crippen molar-refractivity contribution in [2.24, 2.45) is 0 Å². The number of hydrogen-bond donors (Lipinski definition) is 0. The van der Waals surface area contributed by atoms with E-state index < -0.39 is 11.4 Å². The zero-order chi connectivity index (χ0) is 17.2. The van der Waals surface area contributed by atoms with Crippen LogP contribution in [0.15, 0.2) is 24.3 Å². The van der Waals surface area contributed by atoms with E-state index in [0.29, 0.717) is 25.2 Å². The maximum atomic E-state index is 13.3. The van der Waals surface area contributed by atoms with Crippen molar-refractivity contribution in [1.82, 2.24) is 9.80 Å². The van der Waals surface area contributed by atoms with Crippen LogP contribution in [0.5, 0.6) is 0 Å². The molecule has 0 N–H and O–H groups in total. The third-order valence-electron chi connectivity index (χ3n) is 3.61. The molecule has 1 aliphatic heterocycles. The molecule has 0 saturated carbocycles. The van der Waals surface area contributed by atoms with E-state index in [1.54, 1.807) is 15.9 Å². The maximum Gasteiger partial charge on any atom is 0.410 e. The highest BCUT2D eigenvalue weighted by atomic mass is 19.1. The molecule has 1 aromatic carbocycles. The predicted octanol–water partition coefficient (Wildman–Crippen LogP) is 2.91. The summed E-state index contributed by atoms with van der Waals surface area (Å²) in [7, 11) is 0. The highest BCUT2D eigenvalue weighted by molar-refractivity contribution is 5.94. The Balaban J connectivity index is 2.01. The van der Waals surface area contributed by atoms with Crippen LogP contribution in [-0.4, -0.2) is 53.1 Å². The fourth-order valence-electron chi connectivity index (χ4n) is 2.54. The molecule has 1 heterocycles. The van der Waals surface area contributed by atoms with Gasteiger partial charge in [-0.1, -0.05) is 6.07 Å². The Morgan fingerprint density at radius 1 is 1.26 bits per heavy atom. The zero-order valence-electron chi connectivity index (χ0n) is 14.0. The van der Waals surface area contributed by atoms with Gasteiger partial charge in [0.15, 0.2) is 0 Å². The summed E-state index contributed by atoms with van der Waals surface area (Å²) in [5, 5.41) is 0. The maximum absolute atomic E-state index is 13.3. The Morgan fingerprint density at radius 3 is 2.52 bits per heavy atom. The number of amides is 2. The second kappa shape index (κ2) is 6.56. The van der Waals surface area contributed by atoms with Gasteiger partial charge in [-0.3, -0.25) is 4.79 Å². The summed E-state index contributed by atoms with van der Waals surface area (Å²) >= 11 is 0. The molecule has 0 aliphatic carbocycles. The van der Waals surface area contributed by atoms with Crippen LogP contribution in [-0.2, 0) is 4.74 Å². The van der Waals surface area contributed by atoms with Crippen LogP contribution in [0.1, 0.15) is 38.1 Å². The van der Waals surface area contributed by atoms with E-state index in [9.17, 15) is 14.0 Å². The first-order valence-corrected chi connectivity index (χ1v) is 7.72. The fraction of sp³-hybridized carbons (Fsp3) is 0.529. The summed E-state index contributed by atoms with van der Waals surface area (Å²) in [6.45, 7) is 8.52. The number of carbonyl (C=O) groups is 2. The minimum Gasteiger partial charge on any atom is -0.444 e. The van der Waals surface area contributed by atoms with Crippen LogP contribution in [0.25, 0.3) is 0 Å². The van der Waals surface area contributed by atoms with Gasteiger partial charge >= 0.3 is 6.09 Å². The number of halogens is 1. The van der Waals surface area contributed by atoms with Gasteiger partial charge < -0.3 is 14.5 Å². The minimum absolute atomic E-state index is 0.160. The van der Waals surface area contributed by atoms with Crippen molar-refractivity contribution < 1.29 is 18.7 Å². The Bertz CT molecular complexity index is 598.